The van der Waals surface area contributed by atoms with Crippen LogP contribution in [0.3, 0.4) is 0 Å². The predicted molar refractivity (Wildman–Crippen MR) is 84.7 cm³/mol. The Morgan fingerprint density at radius 3 is 2.55 bits per heavy atom. The van der Waals surface area contributed by atoms with Gasteiger partial charge in [-0.15, -0.1) is 0 Å². The zero-order valence-corrected chi connectivity index (χ0v) is 13.4. The van der Waals surface area contributed by atoms with Crippen molar-refractivity contribution in [2.75, 3.05) is 19.8 Å². The van der Waals surface area contributed by atoms with Crippen LogP contribution in [0, 0.1) is 5.92 Å². The van der Waals surface area contributed by atoms with E-state index < -0.39 is 0 Å². The fourth-order valence-corrected chi connectivity index (χ4v) is 2.50. The summed E-state index contributed by atoms with van der Waals surface area (Å²) >= 11 is 6.22. The van der Waals surface area contributed by atoms with E-state index in [0.29, 0.717) is 19.1 Å². The molecule has 0 bridgehead atoms. The molecule has 0 aliphatic heterocycles. The van der Waals surface area contributed by atoms with Crippen molar-refractivity contribution >= 4 is 11.6 Å². The van der Waals surface area contributed by atoms with Gasteiger partial charge in [-0.3, -0.25) is 0 Å². The highest BCUT2D eigenvalue weighted by Crippen LogP contribution is 2.34. The standard InChI is InChI=1S/C16H26ClNO2/c1-4-20-16-13(6-5-12(9-18)10-19)7-14(17)8-15(16)11(2)3/h7-8,11-12,19H,4-6,9-10,18H2,1-3H3. The zero-order valence-electron chi connectivity index (χ0n) is 12.7. The molecule has 1 rings (SSSR count). The van der Waals surface area contributed by atoms with Gasteiger partial charge in [0.05, 0.1) is 6.61 Å². The molecule has 0 radical (unpaired) electrons. The summed E-state index contributed by atoms with van der Waals surface area (Å²) in [5, 5.41) is 9.97. The Morgan fingerprint density at radius 1 is 1.35 bits per heavy atom. The van der Waals surface area contributed by atoms with Crippen LogP contribution in [0.15, 0.2) is 12.1 Å². The summed E-state index contributed by atoms with van der Waals surface area (Å²) in [5.41, 5.74) is 7.88. The van der Waals surface area contributed by atoms with Crippen LogP contribution in [-0.4, -0.2) is 24.9 Å². The van der Waals surface area contributed by atoms with Crippen molar-refractivity contribution in [1.29, 1.82) is 0 Å². The van der Waals surface area contributed by atoms with Crippen molar-refractivity contribution in [2.45, 2.75) is 39.5 Å². The van der Waals surface area contributed by atoms with Crippen LogP contribution >= 0.6 is 11.6 Å². The third-order valence-electron chi connectivity index (χ3n) is 3.48. The number of benzene rings is 1. The van der Waals surface area contributed by atoms with E-state index in [2.05, 4.69) is 13.8 Å². The van der Waals surface area contributed by atoms with Gasteiger partial charge in [-0.2, -0.15) is 0 Å². The summed E-state index contributed by atoms with van der Waals surface area (Å²) in [6.45, 7) is 7.51. The van der Waals surface area contributed by atoms with Gasteiger partial charge < -0.3 is 15.6 Å². The molecule has 1 unspecified atom stereocenters. The second-order valence-electron chi connectivity index (χ2n) is 5.39. The predicted octanol–water partition coefficient (Wildman–Crippen LogP) is 3.36. The van der Waals surface area contributed by atoms with Crippen LogP contribution in [0.5, 0.6) is 5.75 Å². The number of aliphatic hydroxyl groups excluding tert-OH is 1. The highest BCUT2D eigenvalue weighted by atomic mass is 35.5. The molecule has 0 amide bonds. The van der Waals surface area contributed by atoms with Gasteiger partial charge in [0.25, 0.3) is 0 Å². The van der Waals surface area contributed by atoms with Crippen molar-refractivity contribution in [3.63, 3.8) is 0 Å². The van der Waals surface area contributed by atoms with E-state index in [1.165, 1.54) is 0 Å². The average molecular weight is 300 g/mol. The molecule has 1 aromatic rings. The molecule has 0 saturated heterocycles. The van der Waals surface area contributed by atoms with Crippen molar-refractivity contribution < 1.29 is 9.84 Å². The Hall–Kier alpha value is -0.770. The summed E-state index contributed by atoms with van der Waals surface area (Å²) in [5.74, 6) is 1.43. The van der Waals surface area contributed by atoms with Crippen LogP contribution in [0.25, 0.3) is 0 Å². The maximum absolute atomic E-state index is 9.24. The van der Waals surface area contributed by atoms with Gasteiger partial charge in [0, 0.05) is 11.6 Å². The first kappa shape index (κ1) is 17.3. The van der Waals surface area contributed by atoms with E-state index in [9.17, 15) is 5.11 Å². The molecular formula is C16H26ClNO2. The Balaban J connectivity index is 3.03. The van der Waals surface area contributed by atoms with E-state index >= 15 is 0 Å². The molecule has 0 heterocycles. The van der Waals surface area contributed by atoms with E-state index in [1.807, 2.05) is 19.1 Å². The number of nitrogens with two attached hydrogens (primary N) is 1. The van der Waals surface area contributed by atoms with E-state index in [-0.39, 0.29) is 12.5 Å². The quantitative estimate of drug-likeness (QED) is 0.774. The van der Waals surface area contributed by atoms with E-state index in [4.69, 9.17) is 22.1 Å². The molecule has 20 heavy (non-hydrogen) atoms. The molecule has 0 fully saturated rings. The largest absolute Gasteiger partial charge is 0.493 e. The summed E-state index contributed by atoms with van der Waals surface area (Å²) < 4.78 is 5.83. The molecule has 1 atom stereocenters. The van der Waals surface area contributed by atoms with Crippen molar-refractivity contribution in [3.05, 3.63) is 28.3 Å². The van der Waals surface area contributed by atoms with Crippen LogP contribution < -0.4 is 10.5 Å². The zero-order chi connectivity index (χ0) is 15.1. The Labute approximate surface area is 127 Å². The van der Waals surface area contributed by atoms with Gasteiger partial charge in [-0.25, -0.2) is 0 Å². The molecular weight excluding hydrogens is 274 g/mol. The highest BCUT2D eigenvalue weighted by molar-refractivity contribution is 6.30. The van der Waals surface area contributed by atoms with Crippen LogP contribution in [-0.2, 0) is 6.42 Å². The second kappa shape index (κ2) is 8.50. The van der Waals surface area contributed by atoms with Crippen LogP contribution in [0.1, 0.15) is 44.2 Å². The lowest BCUT2D eigenvalue weighted by Crippen LogP contribution is -2.19. The second-order valence-corrected chi connectivity index (χ2v) is 5.83. The average Bonchev–Trinajstić information content (AvgIpc) is 2.42. The van der Waals surface area contributed by atoms with Gasteiger partial charge >= 0.3 is 0 Å². The fourth-order valence-electron chi connectivity index (χ4n) is 2.25. The normalized spacial score (nSPS) is 12.8. The molecule has 1 aromatic carbocycles. The summed E-state index contributed by atoms with van der Waals surface area (Å²) in [6, 6.07) is 3.94. The van der Waals surface area contributed by atoms with Crippen molar-refractivity contribution in [3.8, 4) is 5.75 Å². The molecule has 0 spiro atoms. The molecule has 114 valence electrons. The molecule has 0 aromatic heterocycles. The lowest BCUT2D eigenvalue weighted by atomic mass is 9.94. The van der Waals surface area contributed by atoms with Gasteiger partial charge in [0.15, 0.2) is 0 Å². The molecule has 4 heteroatoms. The Bertz CT molecular complexity index is 417. The van der Waals surface area contributed by atoms with Gasteiger partial charge in [0.1, 0.15) is 5.75 Å². The first-order chi connectivity index (χ1) is 9.53. The molecule has 3 N–H and O–H groups in total. The number of halogens is 1. The SMILES string of the molecule is CCOc1c(CCC(CN)CO)cc(Cl)cc1C(C)C. The smallest absolute Gasteiger partial charge is 0.126 e. The summed E-state index contributed by atoms with van der Waals surface area (Å²) in [4.78, 5) is 0. The minimum absolute atomic E-state index is 0.123. The molecule has 0 aliphatic carbocycles. The number of aryl methyl sites for hydroxylation is 1. The van der Waals surface area contributed by atoms with Gasteiger partial charge in [0.2, 0.25) is 0 Å². The number of aliphatic hydroxyl groups is 1. The topological polar surface area (TPSA) is 55.5 Å². The highest BCUT2D eigenvalue weighted by Gasteiger charge is 2.15. The Morgan fingerprint density at radius 2 is 2.05 bits per heavy atom. The third kappa shape index (κ3) is 4.65. The monoisotopic (exact) mass is 299 g/mol. The minimum atomic E-state index is 0.123. The molecule has 3 nitrogen and oxygen atoms in total. The summed E-state index contributed by atoms with van der Waals surface area (Å²) in [6.07, 6.45) is 1.66. The lowest BCUT2D eigenvalue weighted by Gasteiger charge is -2.19. The summed E-state index contributed by atoms with van der Waals surface area (Å²) in [7, 11) is 0. The third-order valence-corrected chi connectivity index (χ3v) is 3.70. The molecule has 0 aliphatic rings. The maximum atomic E-state index is 9.24. The number of hydrogen-bond acceptors (Lipinski definition) is 3. The van der Waals surface area contributed by atoms with Crippen LogP contribution in [0.2, 0.25) is 5.02 Å². The maximum Gasteiger partial charge on any atom is 0.126 e. The minimum Gasteiger partial charge on any atom is -0.493 e. The number of rotatable bonds is 8. The first-order valence-corrected chi connectivity index (χ1v) is 7.67. The van der Waals surface area contributed by atoms with E-state index in [0.717, 1.165) is 34.7 Å². The van der Waals surface area contributed by atoms with E-state index in [1.54, 1.807) is 0 Å². The van der Waals surface area contributed by atoms with Crippen molar-refractivity contribution in [1.82, 2.24) is 0 Å². The lowest BCUT2D eigenvalue weighted by molar-refractivity contribution is 0.222. The fraction of sp³-hybridized carbons (Fsp3) is 0.625. The number of ether oxygens (including phenoxy) is 1. The Kier molecular flexibility index (Phi) is 7.35. The van der Waals surface area contributed by atoms with Gasteiger partial charge in [-0.1, -0.05) is 25.4 Å². The van der Waals surface area contributed by atoms with Gasteiger partial charge in [-0.05, 0) is 61.4 Å². The molecule has 0 saturated carbocycles. The first-order valence-electron chi connectivity index (χ1n) is 7.29. The van der Waals surface area contributed by atoms with Crippen LogP contribution in [0.4, 0.5) is 0 Å². The number of hydrogen-bond donors (Lipinski definition) is 2. The van der Waals surface area contributed by atoms with Crippen molar-refractivity contribution in [2.24, 2.45) is 11.7 Å².